The largest absolute Gasteiger partial charge is 0.375 e. The monoisotopic (exact) mass is 272 g/mol. The van der Waals surface area contributed by atoms with E-state index in [1.54, 1.807) is 18.2 Å². The molecule has 3 nitrogen and oxygen atoms in total. The van der Waals surface area contributed by atoms with Gasteiger partial charge in [0.2, 0.25) is 5.91 Å². The van der Waals surface area contributed by atoms with E-state index < -0.39 is 0 Å². The second-order valence-electron chi connectivity index (χ2n) is 4.23. The van der Waals surface area contributed by atoms with Crippen LogP contribution in [0.25, 0.3) is 0 Å². The first-order chi connectivity index (χ1) is 8.15. The molecule has 0 radical (unpaired) electrons. The Morgan fingerprint density at radius 3 is 2.82 bits per heavy atom. The van der Waals surface area contributed by atoms with Crippen molar-refractivity contribution < 1.29 is 4.79 Å². The maximum absolute atomic E-state index is 11.5. The number of rotatable bonds is 5. The third-order valence-electron chi connectivity index (χ3n) is 2.65. The molecule has 1 aliphatic rings. The molecule has 2 N–H and O–H groups in total. The third-order valence-corrected chi connectivity index (χ3v) is 3.22. The average molecular weight is 273 g/mol. The highest BCUT2D eigenvalue weighted by Crippen LogP contribution is 2.27. The van der Waals surface area contributed by atoms with Crippen molar-refractivity contribution in [2.24, 2.45) is 5.92 Å². The first-order valence-electron chi connectivity index (χ1n) is 5.61. The Labute approximate surface area is 110 Å². The van der Waals surface area contributed by atoms with Gasteiger partial charge < -0.3 is 10.6 Å². The molecule has 17 heavy (non-hydrogen) atoms. The maximum atomic E-state index is 11.5. The van der Waals surface area contributed by atoms with Gasteiger partial charge in [-0.3, -0.25) is 4.79 Å². The van der Waals surface area contributed by atoms with Gasteiger partial charge >= 0.3 is 0 Å². The number of nitrogens with one attached hydrogen (secondary N) is 2. The molecule has 0 saturated heterocycles. The molecule has 1 aromatic rings. The fraction of sp³-hybridized carbons (Fsp3) is 0.417. The predicted molar refractivity (Wildman–Crippen MR) is 70.7 cm³/mol. The molecular weight excluding hydrogens is 259 g/mol. The molecule has 1 saturated carbocycles. The van der Waals surface area contributed by atoms with E-state index in [2.05, 4.69) is 10.6 Å². The molecule has 0 atom stereocenters. The Morgan fingerprint density at radius 2 is 2.12 bits per heavy atom. The van der Waals surface area contributed by atoms with Crippen molar-refractivity contribution in [3.63, 3.8) is 0 Å². The lowest BCUT2D eigenvalue weighted by Gasteiger charge is -2.09. The molecule has 5 heteroatoms. The number of hydrogen-bond donors (Lipinski definition) is 2. The van der Waals surface area contributed by atoms with Crippen molar-refractivity contribution >= 4 is 34.8 Å². The molecule has 0 spiro atoms. The van der Waals surface area contributed by atoms with Gasteiger partial charge in [0, 0.05) is 11.6 Å². The highest BCUT2D eigenvalue weighted by Gasteiger charge is 2.21. The molecule has 1 aromatic carbocycles. The van der Waals surface area contributed by atoms with Gasteiger partial charge in [0.1, 0.15) is 0 Å². The first-order valence-corrected chi connectivity index (χ1v) is 6.36. The van der Waals surface area contributed by atoms with E-state index in [9.17, 15) is 4.79 Å². The van der Waals surface area contributed by atoms with Crippen molar-refractivity contribution in [3.8, 4) is 0 Å². The Bertz CT molecular complexity index is 419. The van der Waals surface area contributed by atoms with Crippen molar-refractivity contribution in [2.75, 3.05) is 18.4 Å². The third kappa shape index (κ3) is 4.10. The number of halogens is 2. The van der Waals surface area contributed by atoms with E-state index in [0.29, 0.717) is 21.7 Å². The van der Waals surface area contributed by atoms with Crippen LogP contribution in [0.3, 0.4) is 0 Å². The van der Waals surface area contributed by atoms with Crippen LogP contribution in [0.15, 0.2) is 18.2 Å². The topological polar surface area (TPSA) is 41.1 Å². The minimum atomic E-state index is -0.0204. The number of benzene rings is 1. The molecule has 0 aromatic heterocycles. The Kier molecular flexibility index (Phi) is 4.13. The second kappa shape index (κ2) is 5.61. The van der Waals surface area contributed by atoms with Gasteiger partial charge in [-0.25, -0.2) is 0 Å². The van der Waals surface area contributed by atoms with Crippen LogP contribution < -0.4 is 10.6 Å². The molecule has 1 fully saturated rings. The maximum Gasteiger partial charge on any atom is 0.239 e. The molecule has 1 amide bonds. The summed E-state index contributed by atoms with van der Waals surface area (Å²) in [4.78, 5) is 11.5. The lowest BCUT2D eigenvalue weighted by molar-refractivity contribution is -0.119. The molecule has 0 aliphatic heterocycles. The zero-order valence-corrected chi connectivity index (χ0v) is 10.8. The summed E-state index contributed by atoms with van der Waals surface area (Å²) in [6.45, 7) is 0.997. The lowest BCUT2D eigenvalue weighted by Crippen LogP contribution is -2.31. The van der Waals surface area contributed by atoms with E-state index >= 15 is 0 Å². The van der Waals surface area contributed by atoms with Crippen LogP contribution in [-0.4, -0.2) is 19.0 Å². The van der Waals surface area contributed by atoms with Crippen molar-refractivity contribution in [1.82, 2.24) is 5.32 Å². The second-order valence-corrected chi connectivity index (χ2v) is 5.07. The minimum absolute atomic E-state index is 0.0204. The van der Waals surface area contributed by atoms with Crippen molar-refractivity contribution in [2.45, 2.75) is 12.8 Å². The van der Waals surface area contributed by atoms with Gasteiger partial charge in [0.25, 0.3) is 0 Å². The van der Waals surface area contributed by atoms with Crippen molar-refractivity contribution in [1.29, 1.82) is 0 Å². The summed E-state index contributed by atoms with van der Waals surface area (Å²) in [7, 11) is 0. The predicted octanol–water partition coefficient (Wildman–Crippen LogP) is 2.93. The number of amides is 1. The smallest absolute Gasteiger partial charge is 0.239 e. The fourth-order valence-corrected chi connectivity index (χ4v) is 1.81. The fourth-order valence-electron chi connectivity index (χ4n) is 1.45. The minimum Gasteiger partial charge on any atom is -0.375 e. The molecule has 92 valence electrons. The van der Waals surface area contributed by atoms with Gasteiger partial charge in [0.05, 0.1) is 17.3 Å². The summed E-state index contributed by atoms with van der Waals surface area (Å²) in [5.41, 5.74) is 0.681. The van der Waals surface area contributed by atoms with E-state index in [4.69, 9.17) is 23.2 Å². The van der Waals surface area contributed by atoms with Crippen LogP contribution in [0.4, 0.5) is 5.69 Å². The molecule has 0 bridgehead atoms. The van der Waals surface area contributed by atoms with Crippen molar-refractivity contribution in [3.05, 3.63) is 28.2 Å². The summed E-state index contributed by atoms with van der Waals surface area (Å²) in [6, 6.07) is 5.12. The summed E-state index contributed by atoms with van der Waals surface area (Å²) in [5.74, 6) is 0.668. The zero-order chi connectivity index (χ0) is 12.3. The van der Waals surface area contributed by atoms with Crippen LogP contribution in [0.2, 0.25) is 10.0 Å². The van der Waals surface area contributed by atoms with Gasteiger partial charge in [-0.1, -0.05) is 23.2 Å². The van der Waals surface area contributed by atoms with Crippen LogP contribution in [0.1, 0.15) is 12.8 Å². The van der Waals surface area contributed by atoms with E-state index in [0.717, 1.165) is 6.54 Å². The standard InChI is InChI=1S/C12H14Cl2N2O/c13-9-3-4-10(14)11(5-9)15-7-12(17)16-6-8-1-2-8/h3-5,8,15H,1-2,6-7H2,(H,16,17). The molecule has 0 unspecified atom stereocenters. The van der Waals surface area contributed by atoms with Gasteiger partial charge in [-0.15, -0.1) is 0 Å². The molecule has 0 heterocycles. The Morgan fingerprint density at radius 1 is 1.35 bits per heavy atom. The zero-order valence-electron chi connectivity index (χ0n) is 9.30. The van der Waals surface area contributed by atoms with Gasteiger partial charge in [0.15, 0.2) is 0 Å². The van der Waals surface area contributed by atoms with Crippen LogP contribution >= 0.6 is 23.2 Å². The quantitative estimate of drug-likeness (QED) is 0.866. The normalized spacial score (nSPS) is 14.5. The van der Waals surface area contributed by atoms with Gasteiger partial charge in [-0.05, 0) is 37.0 Å². The van der Waals surface area contributed by atoms with Crippen LogP contribution in [0, 0.1) is 5.92 Å². The number of hydrogen-bond acceptors (Lipinski definition) is 2. The molecule has 2 rings (SSSR count). The SMILES string of the molecule is O=C(CNc1cc(Cl)ccc1Cl)NCC1CC1. The highest BCUT2D eigenvalue weighted by atomic mass is 35.5. The number of carbonyl (C=O) groups is 1. The highest BCUT2D eigenvalue weighted by molar-refractivity contribution is 6.35. The lowest BCUT2D eigenvalue weighted by atomic mass is 10.3. The first kappa shape index (κ1) is 12.5. The van der Waals surface area contributed by atoms with E-state index in [1.807, 2.05) is 0 Å². The average Bonchev–Trinajstić information content (AvgIpc) is 3.11. The van der Waals surface area contributed by atoms with E-state index in [1.165, 1.54) is 12.8 Å². The summed E-state index contributed by atoms with van der Waals surface area (Å²) < 4.78 is 0. The summed E-state index contributed by atoms with van der Waals surface area (Å²) >= 11 is 11.8. The Balaban J connectivity index is 1.79. The number of carbonyl (C=O) groups excluding carboxylic acids is 1. The number of anilines is 1. The summed E-state index contributed by atoms with van der Waals surface area (Å²) in [5, 5.41) is 6.99. The van der Waals surface area contributed by atoms with E-state index in [-0.39, 0.29) is 12.5 Å². The molecule has 1 aliphatic carbocycles. The molecular formula is C12H14Cl2N2O. The Hall–Kier alpha value is -0.930. The van der Waals surface area contributed by atoms with Gasteiger partial charge in [-0.2, -0.15) is 0 Å². The van der Waals surface area contributed by atoms with Crippen LogP contribution in [-0.2, 0) is 4.79 Å². The van der Waals surface area contributed by atoms with Crippen LogP contribution in [0.5, 0.6) is 0 Å². The summed E-state index contributed by atoms with van der Waals surface area (Å²) in [6.07, 6.45) is 2.46.